The number of rotatable bonds is 6. The van der Waals surface area contributed by atoms with E-state index in [9.17, 15) is 9.59 Å². The fraction of sp³-hybridized carbons (Fsp3) is 0.269. The highest BCUT2D eigenvalue weighted by molar-refractivity contribution is 9.10. The lowest BCUT2D eigenvalue weighted by molar-refractivity contribution is -0.139. The molecule has 0 spiro atoms. The van der Waals surface area contributed by atoms with Gasteiger partial charge >= 0.3 is 5.97 Å². The maximum absolute atomic E-state index is 13.7. The van der Waals surface area contributed by atoms with E-state index in [-0.39, 0.29) is 12.2 Å². The lowest BCUT2D eigenvalue weighted by atomic mass is 9.96. The zero-order valence-electron chi connectivity index (χ0n) is 20.2. The Morgan fingerprint density at radius 2 is 1.97 bits per heavy atom. The summed E-state index contributed by atoms with van der Waals surface area (Å²) in [6, 6.07) is 13.3. The molecular weight excluding hydrogens is 546 g/mol. The summed E-state index contributed by atoms with van der Waals surface area (Å²) in [5.74, 6) is -0.454. The molecule has 2 aromatic carbocycles. The van der Waals surface area contributed by atoms with Gasteiger partial charge in [-0.2, -0.15) is 0 Å². The largest absolute Gasteiger partial charge is 0.463 e. The predicted octanol–water partition coefficient (Wildman–Crippen LogP) is 4.35. The molecule has 0 unspecified atom stereocenters. The van der Waals surface area contributed by atoms with Crippen LogP contribution < -0.4 is 19.8 Å². The van der Waals surface area contributed by atoms with Crippen LogP contribution in [-0.2, 0) is 9.53 Å². The van der Waals surface area contributed by atoms with Crippen molar-refractivity contribution < 1.29 is 9.53 Å². The second-order valence-corrected chi connectivity index (χ2v) is 10.9. The minimum Gasteiger partial charge on any atom is -0.463 e. The Bertz CT molecular complexity index is 1490. The number of carbonyl (C=O) groups is 1. The monoisotopic (exact) mass is 571 g/mol. The third-order valence-electron chi connectivity index (χ3n) is 5.70. The first-order valence-corrected chi connectivity index (χ1v) is 13.9. The van der Waals surface area contributed by atoms with E-state index in [1.54, 1.807) is 30.2 Å². The summed E-state index contributed by atoms with van der Waals surface area (Å²) in [4.78, 5) is 35.0. The summed E-state index contributed by atoms with van der Waals surface area (Å²) in [5.41, 5.74) is 3.55. The van der Waals surface area contributed by atoms with Gasteiger partial charge in [0, 0.05) is 23.5 Å². The van der Waals surface area contributed by atoms with Crippen LogP contribution >= 0.6 is 39.0 Å². The standard InChI is InChI=1S/C26H26BrN3O3S2/c1-6-33-25(32)22-15(2)28-26-30(23(22)17-8-10-18(34-5)11-9-17)24(31)21(35-26)14-16-7-12-20(29(3)4)19(27)13-16/h7-14,23H,6H2,1-5H3/b21-14-/t23-/m0/s1. The third kappa shape index (κ3) is 5.03. The number of anilines is 1. The molecule has 6 nitrogen and oxygen atoms in total. The number of hydrogen-bond donors (Lipinski definition) is 0. The molecule has 4 rings (SSSR count). The van der Waals surface area contributed by atoms with Gasteiger partial charge in [-0.05, 0) is 77.5 Å². The molecule has 1 aliphatic heterocycles. The third-order valence-corrected chi connectivity index (χ3v) is 8.06. The number of ether oxygens (including phenoxy) is 1. The number of carbonyl (C=O) groups excluding carboxylic acids is 1. The molecule has 1 atom stereocenters. The number of hydrogen-bond acceptors (Lipinski definition) is 7. The smallest absolute Gasteiger partial charge is 0.338 e. The van der Waals surface area contributed by atoms with Gasteiger partial charge in [-0.25, -0.2) is 9.79 Å². The Balaban J connectivity index is 1.90. The molecule has 182 valence electrons. The number of thiazole rings is 1. The molecule has 1 aromatic heterocycles. The highest BCUT2D eigenvalue weighted by Gasteiger charge is 2.33. The zero-order valence-corrected chi connectivity index (χ0v) is 23.4. The van der Waals surface area contributed by atoms with E-state index in [0.717, 1.165) is 26.2 Å². The molecule has 9 heteroatoms. The maximum Gasteiger partial charge on any atom is 0.338 e. The number of allylic oxidation sites excluding steroid dienone is 1. The summed E-state index contributed by atoms with van der Waals surface area (Å²) >= 11 is 6.57. The van der Waals surface area contributed by atoms with Gasteiger partial charge < -0.3 is 9.64 Å². The van der Waals surface area contributed by atoms with Gasteiger partial charge in [0.15, 0.2) is 4.80 Å². The highest BCUT2D eigenvalue weighted by atomic mass is 79.9. The number of halogens is 1. The maximum atomic E-state index is 13.7. The number of fused-ring (bicyclic) bond motifs is 1. The van der Waals surface area contributed by atoms with Crippen LogP contribution in [0.2, 0.25) is 0 Å². The molecular formula is C26H26BrN3O3S2. The second kappa shape index (κ2) is 10.6. The van der Waals surface area contributed by atoms with Crippen LogP contribution in [0, 0.1) is 0 Å². The quantitative estimate of drug-likeness (QED) is 0.325. The van der Waals surface area contributed by atoms with E-state index in [2.05, 4.69) is 20.9 Å². The van der Waals surface area contributed by atoms with Crippen LogP contribution in [0.5, 0.6) is 0 Å². The molecule has 0 amide bonds. The Morgan fingerprint density at radius 3 is 2.57 bits per heavy atom. The van der Waals surface area contributed by atoms with Gasteiger partial charge in [0.1, 0.15) is 0 Å². The van der Waals surface area contributed by atoms with Gasteiger partial charge in [0.05, 0.1) is 34.1 Å². The number of thioether (sulfide) groups is 1. The van der Waals surface area contributed by atoms with Crippen LogP contribution in [0.1, 0.15) is 31.0 Å². The summed E-state index contributed by atoms with van der Waals surface area (Å²) in [7, 11) is 3.96. The minimum absolute atomic E-state index is 0.185. The first-order valence-electron chi connectivity index (χ1n) is 11.1. The molecule has 0 bridgehead atoms. The lowest BCUT2D eigenvalue weighted by Gasteiger charge is -2.24. The molecule has 0 fully saturated rings. The molecule has 35 heavy (non-hydrogen) atoms. The Hall–Kier alpha value is -2.62. The summed E-state index contributed by atoms with van der Waals surface area (Å²) in [5, 5.41) is 0. The van der Waals surface area contributed by atoms with Gasteiger partial charge in [0.25, 0.3) is 5.56 Å². The van der Waals surface area contributed by atoms with Crippen molar-refractivity contribution in [2.75, 3.05) is 31.9 Å². The molecule has 0 saturated heterocycles. The molecule has 0 N–H and O–H groups in total. The van der Waals surface area contributed by atoms with Crippen molar-refractivity contribution in [3.05, 3.63) is 89.0 Å². The normalized spacial score (nSPS) is 15.6. The molecule has 3 aromatic rings. The van der Waals surface area contributed by atoms with Crippen LogP contribution in [-0.4, -0.2) is 37.5 Å². The molecule has 0 aliphatic carbocycles. The van der Waals surface area contributed by atoms with E-state index >= 15 is 0 Å². The molecule has 2 heterocycles. The molecule has 1 aliphatic rings. The van der Waals surface area contributed by atoms with Crippen molar-refractivity contribution in [1.29, 1.82) is 0 Å². The number of nitrogens with zero attached hydrogens (tertiary/aromatic N) is 3. The van der Waals surface area contributed by atoms with Gasteiger partial charge in [-0.15, -0.1) is 11.8 Å². The molecule has 0 saturated carbocycles. The van der Waals surface area contributed by atoms with Gasteiger partial charge in [-0.1, -0.05) is 29.5 Å². The number of benzene rings is 2. The fourth-order valence-electron chi connectivity index (χ4n) is 4.02. The summed E-state index contributed by atoms with van der Waals surface area (Å²) in [6.07, 6.45) is 3.88. The van der Waals surface area contributed by atoms with E-state index < -0.39 is 12.0 Å². The van der Waals surface area contributed by atoms with Crippen molar-refractivity contribution in [2.24, 2.45) is 4.99 Å². The molecule has 0 radical (unpaired) electrons. The Morgan fingerprint density at radius 1 is 1.26 bits per heavy atom. The average Bonchev–Trinajstić information content (AvgIpc) is 3.12. The summed E-state index contributed by atoms with van der Waals surface area (Å²) in [6.45, 7) is 3.81. The van der Waals surface area contributed by atoms with Crippen LogP contribution in [0.25, 0.3) is 6.08 Å². The van der Waals surface area contributed by atoms with Crippen molar-refractivity contribution in [3.8, 4) is 0 Å². The SMILES string of the molecule is CCOC(=O)C1=C(C)N=c2s/c(=C\c3ccc(N(C)C)c(Br)c3)c(=O)n2[C@H]1c1ccc(SC)cc1. The highest BCUT2D eigenvalue weighted by Crippen LogP contribution is 2.32. The predicted molar refractivity (Wildman–Crippen MR) is 147 cm³/mol. The average molecular weight is 573 g/mol. The zero-order chi connectivity index (χ0) is 25.3. The van der Waals surface area contributed by atoms with E-state index in [4.69, 9.17) is 4.74 Å². The second-order valence-electron chi connectivity index (χ2n) is 8.18. The Kier molecular flexibility index (Phi) is 7.68. The topological polar surface area (TPSA) is 63.9 Å². The lowest BCUT2D eigenvalue weighted by Crippen LogP contribution is -2.39. The summed E-state index contributed by atoms with van der Waals surface area (Å²) < 4.78 is 8.47. The number of esters is 1. The van der Waals surface area contributed by atoms with E-state index in [1.165, 1.54) is 11.3 Å². The van der Waals surface area contributed by atoms with Crippen molar-refractivity contribution in [2.45, 2.75) is 24.8 Å². The van der Waals surface area contributed by atoms with E-state index in [0.29, 0.717) is 20.6 Å². The van der Waals surface area contributed by atoms with Gasteiger partial charge in [-0.3, -0.25) is 9.36 Å². The minimum atomic E-state index is -0.605. The first-order chi connectivity index (χ1) is 16.7. The van der Waals surface area contributed by atoms with Crippen molar-refractivity contribution in [1.82, 2.24) is 4.57 Å². The van der Waals surface area contributed by atoms with Crippen molar-refractivity contribution in [3.63, 3.8) is 0 Å². The van der Waals surface area contributed by atoms with Gasteiger partial charge in [0.2, 0.25) is 0 Å². The van der Waals surface area contributed by atoms with Crippen LogP contribution in [0.4, 0.5) is 5.69 Å². The van der Waals surface area contributed by atoms with Crippen molar-refractivity contribution >= 4 is 56.8 Å². The van der Waals surface area contributed by atoms with Crippen LogP contribution in [0.15, 0.2) is 72.9 Å². The fourth-order valence-corrected chi connectivity index (χ4v) is 6.23. The number of aromatic nitrogens is 1. The Labute approximate surface area is 220 Å². The van der Waals surface area contributed by atoms with E-state index in [1.807, 2.05) is 73.8 Å². The first kappa shape index (κ1) is 25.5. The van der Waals surface area contributed by atoms with Crippen LogP contribution in [0.3, 0.4) is 0 Å².